The van der Waals surface area contributed by atoms with Gasteiger partial charge in [-0.15, -0.1) is 0 Å². The highest BCUT2D eigenvalue weighted by atomic mass is 16.5. The van der Waals surface area contributed by atoms with Gasteiger partial charge in [0, 0.05) is 17.9 Å². The van der Waals surface area contributed by atoms with E-state index in [9.17, 15) is 0 Å². The van der Waals surface area contributed by atoms with Gasteiger partial charge >= 0.3 is 0 Å². The van der Waals surface area contributed by atoms with Gasteiger partial charge in [-0.1, -0.05) is 18.2 Å². The Hall–Kier alpha value is -2.00. The van der Waals surface area contributed by atoms with E-state index in [1.165, 1.54) is 25.9 Å². The Labute approximate surface area is 131 Å². The first-order valence-electron chi connectivity index (χ1n) is 8.18. The molecule has 0 aliphatic carbocycles. The van der Waals surface area contributed by atoms with Crippen LogP contribution in [0.15, 0.2) is 54.6 Å². The van der Waals surface area contributed by atoms with Gasteiger partial charge < -0.3 is 10.1 Å². The van der Waals surface area contributed by atoms with Gasteiger partial charge in [0.1, 0.15) is 11.9 Å². The van der Waals surface area contributed by atoms with Gasteiger partial charge in [-0.2, -0.15) is 0 Å². The average Bonchev–Trinajstić information content (AvgIpc) is 2.59. The molecule has 0 unspecified atom stereocenters. The number of nitrogens with one attached hydrogen (secondary N) is 1. The Kier molecular flexibility index (Phi) is 3.73. The lowest BCUT2D eigenvalue weighted by molar-refractivity contribution is -0.00775. The van der Waals surface area contributed by atoms with Crippen LogP contribution in [0.3, 0.4) is 0 Å². The molecule has 2 bridgehead atoms. The number of ether oxygens (including phenoxy) is 1. The molecule has 0 aromatic heterocycles. The zero-order valence-electron chi connectivity index (χ0n) is 12.7. The molecular weight excluding hydrogens is 272 g/mol. The second-order valence-corrected chi connectivity index (χ2v) is 6.31. The molecule has 0 amide bonds. The minimum atomic E-state index is 0.371. The third-order valence-corrected chi connectivity index (χ3v) is 4.80. The topological polar surface area (TPSA) is 24.5 Å². The molecule has 0 radical (unpaired) electrons. The van der Waals surface area contributed by atoms with Crippen LogP contribution in [-0.4, -0.2) is 30.6 Å². The molecule has 0 saturated carbocycles. The van der Waals surface area contributed by atoms with Crippen molar-refractivity contribution in [2.24, 2.45) is 5.92 Å². The fraction of sp³-hybridized carbons (Fsp3) is 0.368. The molecular formula is C19H22N2O. The number of fused-ring (bicyclic) bond motifs is 3. The molecule has 22 heavy (non-hydrogen) atoms. The van der Waals surface area contributed by atoms with Crippen molar-refractivity contribution >= 4 is 11.4 Å². The normalized spacial score (nSPS) is 26.6. The Balaban J connectivity index is 1.39. The Morgan fingerprint density at radius 3 is 2.18 bits per heavy atom. The van der Waals surface area contributed by atoms with Crippen LogP contribution >= 0.6 is 0 Å². The van der Waals surface area contributed by atoms with Crippen molar-refractivity contribution in [2.75, 3.05) is 25.0 Å². The first-order valence-corrected chi connectivity index (χ1v) is 8.18. The van der Waals surface area contributed by atoms with Gasteiger partial charge in [0.25, 0.3) is 0 Å². The quantitative estimate of drug-likeness (QED) is 0.925. The molecule has 3 nitrogen and oxygen atoms in total. The van der Waals surface area contributed by atoms with Crippen LogP contribution in [0.25, 0.3) is 0 Å². The largest absolute Gasteiger partial charge is 0.489 e. The molecule has 3 aliphatic rings. The SMILES string of the molecule is c1ccc(Nc2ccc(O[C@H]3CN4CCC3CC4)cc2)cc1. The van der Waals surface area contributed by atoms with E-state index in [2.05, 4.69) is 46.6 Å². The summed E-state index contributed by atoms with van der Waals surface area (Å²) in [6, 6.07) is 18.5. The Bertz CT molecular complexity index is 603. The summed E-state index contributed by atoms with van der Waals surface area (Å²) in [4.78, 5) is 2.52. The first kappa shape index (κ1) is 13.6. The van der Waals surface area contributed by atoms with Gasteiger partial charge in [0.2, 0.25) is 0 Å². The summed E-state index contributed by atoms with van der Waals surface area (Å²) < 4.78 is 6.22. The standard InChI is InChI=1S/C19H22N2O/c1-2-4-16(5-3-1)20-17-6-8-18(9-7-17)22-19-14-21-12-10-15(19)11-13-21/h1-9,15,19-20H,10-14H2/t19-/m0/s1. The van der Waals surface area contributed by atoms with E-state index in [4.69, 9.17) is 4.74 Å². The Morgan fingerprint density at radius 1 is 0.864 bits per heavy atom. The van der Waals surface area contributed by atoms with Crippen LogP contribution in [0.4, 0.5) is 11.4 Å². The van der Waals surface area contributed by atoms with E-state index in [0.717, 1.165) is 29.6 Å². The number of hydrogen-bond donors (Lipinski definition) is 1. The third kappa shape index (κ3) is 2.95. The van der Waals surface area contributed by atoms with Crippen molar-refractivity contribution in [1.29, 1.82) is 0 Å². The Morgan fingerprint density at radius 2 is 1.55 bits per heavy atom. The summed E-state index contributed by atoms with van der Waals surface area (Å²) in [5.74, 6) is 1.73. The lowest BCUT2D eigenvalue weighted by atomic mass is 9.86. The maximum Gasteiger partial charge on any atom is 0.119 e. The van der Waals surface area contributed by atoms with Crippen LogP contribution in [0.1, 0.15) is 12.8 Å². The molecule has 0 spiro atoms. The summed E-state index contributed by atoms with van der Waals surface area (Å²) in [6.07, 6.45) is 2.95. The number of nitrogens with zero attached hydrogens (tertiary/aromatic N) is 1. The van der Waals surface area contributed by atoms with Crippen LogP contribution in [0, 0.1) is 5.92 Å². The van der Waals surface area contributed by atoms with Crippen LogP contribution in [-0.2, 0) is 0 Å². The predicted octanol–water partition coefficient (Wildman–Crippen LogP) is 3.90. The number of piperidine rings is 3. The van der Waals surface area contributed by atoms with Crippen molar-refractivity contribution < 1.29 is 4.74 Å². The van der Waals surface area contributed by atoms with Gasteiger partial charge in [-0.25, -0.2) is 0 Å². The second-order valence-electron chi connectivity index (χ2n) is 6.31. The van der Waals surface area contributed by atoms with Crippen molar-refractivity contribution in [3.05, 3.63) is 54.6 Å². The predicted molar refractivity (Wildman–Crippen MR) is 89.7 cm³/mol. The fourth-order valence-corrected chi connectivity index (χ4v) is 3.52. The maximum absolute atomic E-state index is 6.22. The summed E-state index contributed by atoms with van der Waals surface area (Å²) in [5, 5.41) is 3.40. The van der Waals surface area contributed by atoms with Crippen molar-refractivity contribution in [3.8, 4) is 5.75 Å². The summed E-state index contributed by atoms with van der Waals surface area (Å²) in [5.41, 5.74) is 2.20. The molecule has 5 rings (SSSR count). The second kappa shape index (κ2) is 6.01. The number of rotatable bonds is 4. The number of para-hydroxylation sites is 1. The maximum atomic E-state index is 6.22. The van der Waals surface area contributed by atoms with E-state index >= 15 is 0 Å². The summed E-state index contributed by atoms with van der Waals surface area (Å²) >= 11 is 0. The molecule has 1 atom stereocenters. The lowest BCUT2D eigenvalue weighted by Crippen LogP contribution is -2.52. The molecule has 3 heterocycles. The minimum Gasteiger partial charge on any atom is -0.489 e. The molecule has 3 saturated heterocycles. The van der Waals surface area contributed by atoms with Gasteiger partial charge in [0.15, 0.2) is 0 Å². The molecule has 3 heteroatoms. The highest BCUT2D eigenvalue weighted by Crippen LogP contribution is 2.31. The third-order valence-electron chi connectivity index (χ3n) is 4.80. The summed E-state index contributed by atoms with van der Waals surface area (Å²) in [7, 11) is 0. The van der Waals surface area contributed by atoms with E-state index in [-0.39, 0.29) is 0 Å². The van der Waals surface area contributed by atoms with E-state index in [1.54, 1.807) is 0 Å². The number of benzene rings is 2. The first-order chi connectivity index (χ1) is 10.9. The average molecular weight is 294 g/mol. The molecule has 2 aromatic rings. The van der Waals surface area contributed by atoms with Gasteiger partial charge in [-0.05, 0) is 68.2 Å². The number of anilines is 2. The van der Waals surface area contributed by atoms with E-state index in [0.29, 0.717) is 6.10 Å². The highest BCUT2D eigenvalue weighted by molar-refractivity contribution is 5.60. The zero-order valence-corrected chi connectivity index (χ0v) is 12.7. The molecule has 3 fully saturated rings. The van der Waals surface area contributed by atoms with Crippen molar-refractivity contribution in [2.45, 2.75) is 18.9 Å². The van der Waals surface area contributed by atoms with Crippen molar-refractivity contribution in [3.63, 3.8) is 0 Å². The smallest absolute Gasteiger partial charge is 0.119 e. The van der Waals surface area contributed by atoms with Gasteiger partial charge in [0.05, 0.1) is 0 Å². The lowest BCUT2D eigenvalue weighted by Gasteiger charge is -2.44. The van der Waals surface area contributed by atoms with E-state index < -0.39 is 0 Å². The molecule has 2 aromatic carbocycles. The zero-order chi connectivity index (χ0) is 14.8. The van der Waals surface area contributed by atoms with Crippen molar-refractivity contribution in [1.82, 2.24) is 4.90 Å². The summed E-state index contributed by atoms with van der Waals surface area (Å²) in [6.45, 7) is 3.60. The van der Waals surface area contributed by atoms with E-state index in [1.807, 2.05) is 18.2 Å². The van der Waals surface area contributed by atoms with Crippen LogP contribution in [0.2, 0.25) is 0 Å². The monoisotopic (exact) mass is 294 g/mol. The number of hydrogen-bond acceptors (Lipinski definition) is 3. The molecule has 1 N–H and O–H groups in total. The highest BCUT2D eigenvalue weighted by Gasteiger charge is 2.35. The molecule has 3 aliphatic heterocycles. The minimum absolute atomic E-state index is 0.371. The van der Waals surface area contributed by atoms with Gasteiger partial charge in [-0.3, -0.25) is 4.90 Å². The van der Waals surface area contributed by atoms with Crippen LogP contribution in [0.5, 0.6) is 5.75 Å². The van der Waals surface area contributed by atoms with Crippen LogP contribution < -0.4 is 10.1 Å². The fourth-order valence-electron chi connectivity index (χ4n) is 3.52. The molecule has 114 valence electrons.